The molecule has 0 aromatic heterocycles. The van der Waals surface area contributed by atoms with Crippen LogP contribution in [0, 0.1) is 12.7 Å². The molecule has 0 radical (unpaired) electrons. The number of hydrogen-bond acceptors (Lipinski definition) is 1. The van der Waals surface area contributed by atoms with Gasteiger partial charge < -0.3 is 0 Å². The summed E-state index contributed by atoms with van der Waals surface area (Å²) in [4.78, 5) is -0.356. The first kappa shape index (κ1) is 10.7. The molecule has 1 aliphatic heterocycles. The highest BCUT2D eigenvalue weighted by atomic mass is 32.2. The Labute approximate surface area is 86.5 Å². The van der Waals surface area contributed by atoms with Crippen LogP contribution in [0.4, 0.5) is 22.0 Å². The first-order chi connectivity index (χ1) is 6.77. The van der Waals surface area contributed by atoms with Crippen LogP contribution >= 0.6 is 11.8 Å². The molecule has 82 valence electrons. The van der Waals surface area contributed by atoms with Gasteiger partial charge in [0.05, 0.1) is 0 Å². The molecule has 0 nitrogen and oxygen atoms in total. The minimum absolute atomic E-state index is 0.158. The molecular weight excluding hydrogens is 235 g/mol. The summed E-state index contributed by atoms with van der Waals surface area (Å²) in [6.45, 7) is 1.21. The van der Waals surface area contributed by atoms with E-state index in [4.69, 9.17) is 0 Å². The first-order valence-corrected chi connectivity index (χ1v) is 4.83. The van der Waals surface area contributed by atoms with E-state index in [1.807, 2.05) is 0 Å². The zero-order chi connectivity index (χ0) is 11.4. The van der Waals surface area contributed by atoms with Gasteiger partial charge in [-0.1, -0.05) is 0 Å². The van der Waals surface area contributed by atoms with Crippen molar-refractivity contribution in [2.75, 3.05) is 0 Å². The van der Waals surface area contributed by atoms with Crippen molar-refractivity contribution in [2.24, 2.45) is 0 Å². The number of halogens is 5. The van der Waals surface area contributed by atoms with Gasteiger partial charge in [-0.05, 0) is 36.4 Å². The second-order valence-electron chi connectivity index (χ2n) is 3.24. The smallest absolute Gasteiger partial charge is 0.207 e. The van der Waals surface area contributed by atoms with Gasteiger partial charge >= 0.3 is 11.2 Å². The summed E-state index contributed by atoms with van der Waals surface area (Å²) in [5.41, 5.74) is -0.953. The molecule has 0 atom stereocenters. The quantitative estimate of drug-likeness (QED) is 0.619. The lowest BCUT2D eigenvalue weighted by molar-refractivity contribution is -0.154. The Morgan fingerprint density at radius 2 is 1.73 bits per heavy atom. The van der Waals surface area contributed by atoms with Gasteiger partial charge in [0.15, 0.2) is 0 Å². The van der Waals surface area contributed by atoms with Gasteiger partial charge in [0, 0.05) is 10.5 Å². The second kappa shape index (κ2) is 2.87. The Kier molecular flexibility index (Phi) is 2.05. The van der Waals surface area contributed by atoms with E-state index in [-0.39, 0.29) is 22.2 Å². The topological polar surface area (TPSA) is 0 Å². The minimum Gasteiger partial charge on any atom is -0.207 e. The molecule has 1 heterocycles. The zero-order valence-electron chi connectivity index (χ0n) is 7.45. The normalized spacial score (nSPS) is 21.5. The third-order valence-corrected chi connectivity index (χ3v) is 3.52. The Morgan fingerprint density at radius 3 is 2.33 bits per heavy atom. The third kappa shape index (κ3) is 1.27. The van der Waals surface area contributed by atoms with Crippen LogP contribution in [-0.2, 0) is 5.92 Å². The summed E-state index contributed by atoms with van der Waals surface area (Å²) in [5.74, 6) is -4.99. The molecule has 0 spiro atoms. The van der Waals surface area contributed by atoms with E-state index in [1.54, 1.807) is 0 Å². The molecule has 0 saturated heterocycles. The maximum absolute atomic E-state index is 13.1. The average molecular weight is 240 g/mol. The van der Waals surface area contributed by atoms with Gasteiger partial charge in [-0.25, -0.2) is 4.39 Å². The summed E-state index contributed by atoms with van der Waals surface area (Å²) in [5, 5.41) is -4.20. The fraction of sp³-hybridized carbons (Fsp3) is 0.333. The molecule has 1 aromatic carbocycles. The molecule has 6 heteroatoms. The monoisotopic (exact) mass is 240 g/mol. The van der Waals surface area contributed by atoms with E-state index in [0.717, 1.165) is 6.07 Å². The van der Waals surface area contributed by atoms with Crippen molar-refractivity contribution in [1.29, 1.82) is 0 Å². The molecule has 2 rings (SSSR count). The Hall–Kier alpha value is -0.780. The van der Waals surface area contributed by atoms with Crippen LogP contribution in [0.1, 0.15) is 11.1 Å². The molecular formula is C9H5F5S. The van der Waals surface area contributed by atoms with Gasteiger partial charge in [-0.15, -0.1) is 0 Å². The van der Waals surface area contributed by atoms with Gasteiger partial charge in [-0.3, -0.25) is 0 Å². The van der Waals surface area contributed by atoms with Crippen LogP contribution in [0.15, 0.2) is 17.0 Å². The van der Waals surface area contributed by atoms with E-state index in [9.17, 15) is 22.0 Å². The zero-order valence-corrected chi connectivity index (χ0v) is 8.27. The SMILES string of the molecule is Cc1c(F)ccc2c1SC(F)(F)C2(F)F. The molecule has 15 heavy (non-hydrogen) atoms. The van der Waals surface area contributed by atoms with Crippen molar-refractivity contribution in [3.05, 3.63) is 29.1 Å². The summed E-state index contributed by atoms with van der Waals surface area (Å²) >= 11 is -0.282. The van der Waals surface area contributed by atoms with Crippen LogP contribution in [0.3, 0.4) is 0 Å². The molecule has 0 amide bonds. The van der Waals surface area contributed by atoms with Crippen molar-refractivity contribution in [3.63, 3.8) is 0 Å². The summed E-state index contributed by atoms with van der Waals surface area (Å²) < 4.78 is 65.1. The third-order valence-electron chi connectivity index (χ3n) is 2.27. The van der Waals surface area contributed by atoms with E-state index in [0.29, 0.717) is 6.07 Å². The molecule has 0 fully saturated rings. The fourth-order valence-corrected chi connectivity index (χ4v) is 2.45. The number of benzene rings is 1. The van der Waals surface area contributed by atoms with E-state index in [1.165, 1.54) is 6.92 Å². The molecule has 0 N–H and O–H groups in total. The minimum atomic E-state index is -4.23. The average Bonchev–Trinajstić information content (AvgIpc) is 2.29. The molecule has 1 aromatic rings. The maximum Gasteiger partial charge on any atom is 0.364 e. The van der Waals surface area contributed by atoms with E-state index in [2.05, 4.69) is 0 Å². The number of fused-ring (bicyclic) bond motifs is 1. The van der Waals surface area contributed by atoms with Gasteiger partial charge in [0.25, 0.3) is 0 Å². The van der Waals surface area contributed by atoms with Gasteiger partial charge in [-0.2, -0.15) is 17.6 Å². The Bertz CT molecular complexity index is 427. The number of alkyl halides is 4. The molecule has 0 unspecified atom stereocenters. The number of hydrogen-bond donors (Lipinski definition) is 0. The lowest BCUT2D eigenvalue weighted by atomic mass is 10.1. The fourth-order valence-electron chi connectivity index (χ4n) is 1.40. The van der Waals surface area contributed by atoms with Crippen molar-refractivity contribution >= 4 is 11.8 Å². The number of thioether (sulfide) groups is 1. The Balaban J connectivity index is 2.69. The van der Waals surface area contributed by atoms with Crippen molar-refractivity contribution in [3.8, 4) is 0 Å². The number of rotatable bonds is 0. The molecule has 1 aliphatic rings. The van der Waals surface area contributed by atoms with Crippen LogP contribution in [0.5, 0.6) is 0 Å². The van der Waals surface area contributed by atoms with Gasteiger partial charge in [0.2, 0.25) is 0 Å². The molecule has 0 bridgehead atoms. The second-order valence-corrected chi connectivity index (χ2v) is 4.37. The largest absolute Gasteiger partial charge is 0.364 e. The standard InChI is InChI=1S/C9H5F5S/c1-4-6(10)3-2-5-7(4)15-9(13,14)8(5,11)12/h2-3H,1H3. The lowest BCUT2D eigenvalue weighted by Gasteiger charge is -2.17. The van der Waals surface area contributed by atoms with E-state index >= 15 is 0 Å². The lowest BCUT2D eigenvalue weighted by Crippen LogP contribution is -2.29. The molecule has 0 saturated carbocycles. The highest BCUT2D eigenvalue weighted by Gasteiger charge is 2.64. The first-order valence-electron chi connectivity index (χ1n) is 4.01. The highest BCUT2D eigenvalue weighted by molar-refractivity contribution is 8.00. The summed E-state index contributed by atoms with van der Waals surface area (Å²) in [7, 11) is 0. The van der Waals surface area contributed by atoms with Crippen LogP contribution in [0.2, 0.25) is 0 Å². The summed E-state index contributed by atoms with van der Waals surface area (Å²) in [6.07, 6.45) is 0. The maximum atomic E-state index is 13.1. The predicted molar refractivity (Wildman–Crippen MR) is 45.8 cm³/mol. The van der Waals surface area contributed by atoms with Crippen molar-refractivity contribution in [2.45, 2.75) is 23.0 Å². The highest BCUT2D eigenvalue weighted by Crippen LogP contribution is 2.61. The van der Waals surface area contributed by atoms with E-state index < -0.39 is 22.6 Å². The van der Waals surface area contributed by atoms with Crippen molar-refractivity contribution < 1.29 is 22.0 Å². The van der Waals surface area contributed by atoms with Crippen LogP contribution in [0.25, 0.3) is 0 Å². The van der Waals surface area contributed by atoms with Gasteiger partial charge in [0.1, 0.15) is 5.82 Å². The predicted octanol–water partition coefficient (Wildman–Crippen LogP) is 3.92. The molecule has 0 aliphatic carbocycles. The van der Waals surface area contributed by atoms with Crippen molar-refractivity contribution in [1.82, 2.24) is 0 Å². The summed E-state index contributed by atoms with van der Waals surface area (Å²) in [6, 6.07) is 1.50. The Morgan fingerprint density at radius 1 is 1.13 bits per heavy atom. The van der Waals surface area contributed by atoms with Crippen LogP contribution in [-0.4, -0.2) is 5.25 Å². The van der Waals surface area contributed by atoms with Crippen LogP contribution < -0.4 is 0 Å².